The van der Waals surface area contributed by atoms with Crippen LogP contribution in [0.3, 0.4) is 0 Å². The van der Waals surface area contributed by atoms with Crippen molar-refractivity contribution in [1.29, 1.82) is 0 Å². The fourth-order valence-corrected chi connectivity index (χ4v) is 2.94. The van der Waals surface area contributed by atoms with Gasteiger partial charge in [0.15, 0.2) is 17.5 Å². The van der Waals surface area contributed by atoms with Crippen molar-refractivity contribution in [2.24, 2.45) is 11.8 Å². The van der Waals surface area contributed by atoms with Crippen molar-refractivity contribution in [3.05, 3.63) is 41.6 Å². The molecule has 0 saturated heterocycles. The molecule has 9 heteroatoms. The molecule has 0 unspecified atom stereocenters. The first-order valence-electron chi connectivity index (χ1n) is 10.6. The zero-order valence-electron chi connectivity index (χ0n) is 19.2. The molecular weight excluding hydrogens is 387 g/mol. The summed E-state index contributed by atoms with van der Waals surface area (Å²) < 4.78 is 41.5. The molecule has 0 aromatic carbocycles. The van der Waals surface area contributed by atoms with E-state index in [2.05, 4.69) is 42.6 Å². The van der Waals surface area contributed by atoms with Gasteiger partial charge in [0.2, 0.25) is 5.91 Å². The number of anilines is 2. The zero-order valence-corrected chi connectivity index (χ0v) is 16.2. The van der Waals surface area contributed by atoms with Gasteiger partial charge in [-0.25, -0.2) is 14.4 Å². The summed E-state index contributed by atoms with van der Waals surface area (Å²) in [6, 6.07) is 2.69. The van der Waals surface area contributed by atoms with E-state index in [1.54, 1.807) is 0 Å². The Morgan fingerprint density at radius 3 is 2.83 bits per heavy atom. The molecule has 3 aromatic rings. The lowest BCUT2D eigenvalue weighted by Crippen LogP contribution is -2.16. The quantitative estimate of drug-likeness (QED) is 0.639. The van der Waals surface area contributed by atoms with Gasteiger partial charge < -0.3 is 15.4 Å². The van der Waals surface area contributed by atoms with Gasteiger partial charge in [0, 0.05) is 34.7 Å². The van der Waals surface area contributed by atoms with Gasteiger partial charge in [-0.15, -0.1) is 10.2 Å². The van der Waals surface area contributed by atoms with E-state index in [0.717, 1.165) is 12.5 Å². The first-order valence-corrected chi connectivity index (χ1v) is 9.11. The number of rotatable bonds is 4. The number of hydrogen-bond acceptors (Lipinski definition) is 7. The van der Waals surface area contributed by atoms with E-state index >= 15 is 0 Å². The van der Waals surface area contributed by atoms with Crippen molar-refractivity contribution in [2.75, 3.05) is 24.7 Å². The second-order valence-corrected chi connectivity index (χ2v) is 6.90. The minimum absolute atomic E-state index is 0.0227. The van der Waals surface area contributed by atoms with E-state index in [9.17, 15) is 9.18 Å². The Bertz CT molecular complexity index is 1300. The minimum atomic E-state index is -2.51. The first-order chi connectivity index (χ1) is 15.6. The number of aromatic nitrogens is 4. The number of ether oxygens (including phenoxy) is 1. The van der Waals surface area contributed by atoms with E-state index in [-0.39, 0.29) is 40.4 Å². The van der Waals surface area contributed by atoms with Gasteiger partial charge in [-0.05, 0) is 24.3 Å². The van der Waals surface area contributed by atoms with Crippen molar-refractivity contribution in [3.63, 3.8) is 0 Å². The van der Waals surface area contributed by atoms with Crippen LogP contribution in [0, 0.1) is 29.5 Å². The molecule has 3 aromatic heterocycles. The van der Waals surface area contributed by atoms with Crippen LogP contribution >= 0.6 is 0 Å². The van der Waals surface area contributed by atoms with Crippen molar-refractivity contribution in [2.45, 2.75) is 13.3 Å². The highest BCUT2D eigenvalue weighted by Gasteiger charge is 2.39. The summed E-state index contributed by atoms with van der Waals surface area (Å²) in [5.74, 6) is 5.26. The van der Waals surface area contributed by atoms with Gasteiger partial charge >= 0.3 is 0 Å². The molecule has 8 nitrogen and oxygen atoms in total. The average molecular weight is 409 g/mol. The number of nitrogens with one attached hydrogen (secondary N) is 2. The van der Waals surface area contributed by atoms with Crippen molar-refractivity contribution in [3.8, 4) is 17.6 Å². The maximum Gasteiger partial charge on any atom is 0.228 e. The predicted molar refractivity (Wildman–Crippen MR) is 110 cm³/mol. The van der Waals surface area contributed by atoms with Crippen LogP contribution in [-0.2, 0) is 4.79 Å². The number of halogens is 1. The smallest absolute Gasteiger partial charge is 0.228 e. The van der Waals surface area contributed by atoms with Gasteiger partial charge in [-0.3, -0.25) is 4.79 Å². The van der Waals surface area contributed by atoms with Crippen LogP contribution in [0.25, 0.3) is 10.9 Å². The molecule has 152 valence electrons. The largest absolute Gasteiger partial charge is 0.495 e. The molecule has 1 saturated carbocycles. The number of hydrogen-bond donors (Lipinski definition) is 2. The highest BCUT2D eigenvalue weighted by Crippen LogP contribution is 2.38. The molecule has 0 radical (unpaired) electrons. The summed E-state index contributed by atoms with van der Waals surface area (Å²) in [5, 5.41) is 13.5. The van der Waals surface area contributed by atoms with Crippen molar-refractivity contribution >= 4 is 28.4 Å². The average Bonchev–Trinajstić information content (AvgIpc) is 3.49. The number of fused-ring (bicyclic) bond motifs is 1. The van der Waals surface area contributed by atoms with Crippen LogP contribution < -0.4 is 15.4 Å². The minimum Gasteiger partial charge on any atom is -0.495 e. The maximum absolute atomic E-state index is 14.2. The van der Waals surface area contributed by atoms with E-state index in [4.69, 9.17) is 8.85 Å². The van der Waals surface area contributed by atoms with Gasteiger partial charge in [-0.2, -0.15) is 0 Å². The summed E-state index contributed by atoms with van der Waals surface area (Å²) in [6.45, 7) is -0.533. The van der Waals surface area contributed by atoms with Crippen LogP contribution in [0.1, 0.15) is 28.7 Å². The van der Waals surface area contributed by atoms with E-state index in [1.807, 2.05) is 6.92 Å². The fraction of sp³-hybridized carbons (Fsp3) is 0.286. The Hall–Kier alpha value is -3.80. The normalized spacial score (nSPS) is 19.0. The number of methoxy groups -OCH3 is 1. The van der Waals surface area contributed by atoms with Gasteiger partial charge in [0.05, 0.1) is 18.9 Å². The molecule has 1 aliphatic carbocycles. The lowest BCUT2D eigenvalue weighted by Gasteiger charge is -2.08. The molecule has 2 N–H and O–H groups in total. The van der Waals surface area contributed by atoms with E-state index < -0.39 is 12.8 Å². The topological polar surface area (TPSA) is 102 Å². The summed E-state index contributed by atoms with van der Waals surface area (Å²) in [6.07, 6.45) is 3.48. The van der Waals surface area contributed by atoms with Crippen LogP contribution in [0.5, 0.6) is 5.75 Å². The summed E-state index contributed by atoms with van der Waals surface area (Å²) >= 11 is 0. The number of carbonyl (C=O) groups is 1. The molecule has 0 bridgehead atoms. The molecule has 1 fully saturated rings. The van der Waals surface area contributed by atoms with Crippen LogP contribution in [0.4, 0.5) is 16.0 Å². The predicted octanol–water partition coefficient (Wildman–Crippen LogP) is 2.60. The lowest BCUT2D eigenvalue weighted by molar-refractivity contribution is -0.117. The second kappa shape index (κ2) is 7.91. The van der Waals surface area contributed by atoms with Crippen LogP contribution in [0.2, 0.25) is 0 Å². The Kier molecular flexibility index (Phi) is 4.23. The van der Waals surface area contributed by atoms with Gasteiger partial charge in [-0.1, -0.05) is 12.8 Å². The summed E-state index contributed by atoms with van der Waals surface area (Å²) in [4.78, 5) is 20.3. The third-order valence-electron chi connectivity index (χ3n) is 4.81. The molecule has 1 amide bonds. The number of nitrogens with zero attached hydrogens (tertiary/aromatic N) is 4. The third kappa shape index (κ3) is 3.85. The van der Waals surface area contributed by atoms with Crippen LogP contribution in [-0.4, -0.2) is 40.2 Å². The molecule has 4 rings (SSSR count). The lowest BCUT2D eigenvalue weighted by atomic mass is 10.1. The molecule has 0 spiro atoms. The Morgan fingerprint density at radius 2 is 2.13 bits per heavy atom. The number of pyridine rings is 2. The fourth-order valence-electron chi connectivity index (χ4n) is 2.94. The van der Waals surface area contributed by atoms with Crippen LogP contribution in [0.15, 0.2) is 24.5 Å². The highest BCUT2D eigenvalue weighted by molar-refractivity contribution is 5.97. The second-order valence-electron chi connectivity index (χ2n) is 6.90. The summed E-state index contributed by atoms with van der Waals surface area (Å²) in [7, 11) is 1.40. The van der Waals surface area contributed by atoms with Gasteiger partial charge in [0.1, 0.15) is 17.0 Å². The monoisotopic (exact) mass is 409 g/mol. The Labute approximate surface area is 176 Å². The standard InChI is InChI=1S/C21H19FN6O2/c1-11-6-14(11)21(29)26-18-8-15-12(9-25-20(23-2)19(15)28-27-18)4-5-17-16(22)7-13(30-3)10-24-17/h7-11,14H,6H2,1-3H3,(H,23,25)(H,26,27,29)/t11-,14+/m1/s1/i2D3. The Morgan fingerprint density at radius 1 is 1.30 bits per heavy atom. The third-order valence-corrected chi connectivity index (χ3v) is 4.81. The summed E-state index contributed by atoms with van der Waals surface area (Å²) in [5.41, 5.74) is 0.356. The van der Waals surface area contributed by atoms with E-state index in [1.165, 1.54) is 25.6 Å². The molecule has 30 heavy (non-hydrogen) atoms. The van der Waals surface area contributed by atoms with E-state index in [0.29, 0.717) is 16.9 Å². The van der Waals surface area contributed by atoms with Crippen molar-refractivity contribution in [1.82, 2.24) is 20.2 Å². The molecule has 1 aliphatic rings. The molecular formula is C21H19FN6O2. The molecule has 2 atom stereocenters. The highest BCUT2D eigenvalue weighted by atomic mass is 19.1. The number of amides is 1. The molecule has 3 heterocycles. The first kappa shape index (κ1) is 16.0. The number of carbonyl (C=O) groups excluding carboxylic acids is 1. The maximum atomic E-state index is 14.2. The van der Waals surface area contributed by atoms with Gasteiger partial charge in [0.25, 0.3) is 0 Å². The van der Waals surface area contributed by atoms with Crippen molar-refractivity contribution < 1.29 is 18.0 Å². The zero-order chi connectivity index (χ0) is 23.8. The SMILES string of the molecule is [2H]C([2H])([2H])Nc1ncc(C#Cc2ncc(OC)cc2F)c2cc(NC(=O)[C@H]3C[C@H]3C)nnc12. The Balaban J connectivity index is 1.75. The molecule has 0 aliphatic heterocycles.